The van der Waals surface area contributed by atoms with Gasteiger partial charge >= 0.3 is 0 Å². The normalized spacial score (nSPS) is 14.8. The predicted octanol–water partition coefficient (Wildman–Crippen LogP) is 2.54. The van der Waals surface area contributed by atoms with E-state index in [1.165, 1.54) is 0 Å². The van der Waals surface area contributed by atoms with E-state index in [2.05, 4.69) is 14.9 Å². The van der Waals surface area contributed by atoms with Crippen molar-refractivity contribution in [1.29, 1.82) is 0 Å². The summed E-state index contributed by atoms with van der Waals surface area (Å²) in [5.41, 5.74) is 3.32. The van der Waals surface area contributed by atoms with Crippen LogP contribution in [0.2, 0.25) is 0 Å². The van der Waals surface area contributed by atoms with Crippen molar-refractivity contribution in [2.45, 2.75) is 26.7 Å². The number of hydrogen-bond donors (Lipinski definition) is 1. The summed E-state index contributed by atoms with van der Waals surface area (Å²) in [5, 5.41) is 0. The van der Waals surface area contributed by atoms with E-state index in [1.54, 1.807) is 17.8 Å². The van der Waals surface area contributed by atoms with Gasteiger partial charge in [0, 0.05) is 37.5 Å². The molecule has 3 rings (SSSR count). The van der Waals surface area contributed by atoms with Gasteiger partial charge in [0.1, 0.15) is 11.3 Å². The smallest absolute Gasteiger partial charge is 0.234 e. The minimum Gasteiger partial charge on any atom is -0.339 e. The summed E-state index contributed by atoms with van der Waals surface area (Å²) >= 11 is 0. The highest BCUT2D eigenvalue weighted by Crippen LogP contribution is 2.32. The molecular formula is C18H22N4O2. The van der Waals surface area contributed by atoms with Crippen molar-refractivity contribution in [1.82, 2.24) is 9.55 Å². The lowest BCUT2D eigenvalue weighted by molar-refractivity contribution is 0.0849. The third kappa shape index (κ3) is 2.79. The highest BCUT2D eigenvalue weighted by atomic mass is 16.2. The average molecular weight is 326 g/mol. The van der Waals surface area contributed by atoms with Crippen LogP contribution >= 0.6 is 0 Å². The fourth-order valence-corrected chi connectivity index (χ4v) is 3.08. The Balaban J connectivity index is 2.04. The van der Waals surface area contributed by atoms with Crippen LogP contribution < -0.4 is 10.4 Å². The van der Waals surface area contributed by atoms with E-state index >= 15 is 0 Å². The van der Waals surface area contributed by atoms with E-state index in [-0.39, 0.29) is 11.8 Å². The zero-order valence-corrected chi connectivity index (χ0v) is 14.2. The Morgan fingerprint density at radius 2 is 2.17 bits per heavy atom. The number of aryl methyl sites for hydroxylation is 1. The molecule has 1 N–H and O–H groups in total. The molecule has 0 aliphatic carbocycles. The number of hydrogen-bond acceptors (Lipinski definition) is 4. The Kier molecular flexibility index (Phi) is 4.38. The van der Waals surface area contributed by atoms with Gasteiger partial charge in [0.05, 0.1) is 5.69 Å². The summed E-state index contributed by atoms with van der Waals surface area (Å²) in [6.45, 7) is 4.61. The van der Waals surface area contributed by atoms with Crippen molar-refractivity contribution in [3.05, 3.63) is 41.1 Å². The molecule has 0 bridgehead atoms. The van der Waals surface area contributed by atoms with Crippen molar-refractivity contribution in [2.75, 3.05) is 18.5 Å². The van der Waals surface area contributed by atoms with Gasteiger partial charge in [-0.15, -0.1) is 0 Å². The lowest BCUT2D eigenvalue weighted by Crippen LogP contribution is -2.32. The number of aromatic amines is 1. The molecule has 6 nitrogen and oxygen atoms in total. The minimum atomic E-state index is -0.0958. The van der Waals surface area contributed by atoms with Crippen molar-refractivity contribution < 1.29 is 9.59 Å². The molecule has 0 aromatic carbocycles. The standard InChI is InChI=1S/C18H22N4O2/c1-12(2)18(24)22-8-6-15(10-16(22)19-3)21-7-4-5-13-9-14(11-23)20-17(13)21/h6,8-12,20H,4-5,7H2,1-3H3. The summed E-state index contributed by atoms with van der Waals surface area (Å²) in [6, 6.07) is 5.74. The van der Waals surface area contributed by atoms with Gasteiger partial charge in [-0.25, -0.2) is 0 Å². The highest BCUT2D eigenvalue weighted by Gasteiger charge is 2.22. The monoisotopic (exact) mass is 326 g/mol. The molecule has 0 radical (unpaired) electrons. The fraction of sp³-hybridized carbons (Fsp3) is 0.389. The predicted molar refractivity (Wildman–Crippen MR) is 92.9 cm³/mol. The Morgan fingerprint density at radius 3 is 2.83 bits per heavy atom. The van der Waals surface area contributed by atoms with Crippen molar-refractivity contribution in [2.24, 2.45) is 10.9 Å². The van der Waals surface area contributed by atoms with Gasteiger partial charge in [-0.3, -0.25) is 19.1 Å². The first-order valence-corrected chi connectivity index (χ1v) is 8.19. The number of carbonyl (C=O) groups is 2. The SMILES string of the molecule is CN=c1cc(N2CCCc3cc(C=O)[nH]c32)ccn1C(=O)C(C)C. The molecule has 3 heterocycles. The summed E-state index contributed by atoms with van der Waals surface area (Å²) in [5.74, 6) is 0.879. The number of nitrogens with zero attached hydrogens (tertiary/aromatic N) is 3. The molecule has 0 fully saturated rings. The molecule has 0 saturated carbocycles. The molecule has 2 aromatic heterocycles. The van der Waals surface area contributed by atoms with Gasteiger partial charge in [0.2, 0.25) is 5.91 Å². The van der Waals surface area contributed by atoms with Gasteiger partial charge < -0.3 is 9.88 Å². The first kappa shape index (κ1) is 16.2. The van der Waals surface area contributed by atoms with Crippen LogP contribution in [0.1, 0.15) is 41.1 Å². The molecule has 0 saturated heterocycles. The van der Waals surface area contributed by atoms with Crippen LogP contribution in [0.4, 0.5) is 11.5 Å². The maximum atomic E-state index is 12.3. The zero-order chi connectivity index (χ0) is 17.3. The molecule has 0 unspecified atom stereocenters. The van der Waals surface area contributed by atoms with Gasteiger partial charge in [-0.05, 0) is 30.5 Å². The lowest BCUT2D eigenvalue weighted by Gasteiger charge is -2.29. The molecule has 2 aromatic rings. The highest BCUT2D eigenvalue weighted by molar-refractivity contribution is 5.81. The van der Waals surface area contributed by atoms with E-state index in [0.29, 0.717) is 11.2 Å². The summed E-state index contributed by atoms with van der Waals surface area (Å²) in [6.07, 6.45) is 4.59. The molecule has 6 heteroatoms. The molecule has 1 aliphatic heterocycles. The maximum Gasteiger partial charge on any atom is 0.234 e. The van der Waals surface area contributed by atoms with Crippen LogP contribution in [0.15, 0.2) is 29.4 Å². The lowest BCUT2D eigenvalue weighted by atomic mass is 10.1. The number of H-pyrrole nitrogens is 1. The van der Waals surface area contributed by atoms with E-state index in [0.717, 1.165) is 42.7 Å². The van der Waals surface area contributed by atoms with Crippen LogP contribution in [0.5, 0.6) is 0 Å². The Morgan fingerprint density at radius 1 is 1.38 bits per heavy atom. The Hall–Kier alpha value is -2.63. The van der Waals surface area contributed by atoms with Gasteiger partial charge in [0.15, 0.2) is 6.29 Å². The Bertz CT molecular complexity index is 845. The first-order valence-electron chi connectivity index (χ1n) is 8.19. The number of carbonyl (C=O) groups excluding carboxylic acids is 2. The minimum absolute atomic E-state index is 0.0181. The van der Waals surface area contributed by atoms with Crippen LogP contribution in [0.25, 0.3) is 0 Å². The number of nitrogens with one attached hydrogen (secondary N) is 1. The number of anilines is 2. The summed E-state index contributed by atoms with van der Waals surface area (Å²) in [7, 11) is 1.68. The van der Waals surface area contributed by atoms with E-state index in [4.69, 9.17) is 0 Å². The largest absolute Gasteiger partial charge is 0.339 e. The number of fused-ring (bicyclic) bond motifs is 1. The molecule has 126 valence electrons. The first-order chi connectivity index (χ1) is 11.5. The summed E-state index contributed by atoms with van der Waals surface area (Å²) < 4.78 is 1.59. The third-order valence-electron chi connectivity index (χ3n) is 4.31. The van der Waals surface area contributed by atoms with Gasteiger partial charge in [-0.2, -0.15) is 0 Å². The number of aldehydes is 1. The molecule has 1 aliphatic rings. The second-order valence-corrected chi connectivity index (χ2v) is 6.30. The van der Waals surface area contributed by atoms with E-state index < -0.39 is 0 Å². The number of aromatic nitrogens is 2. The third-order valence-corrected chi connectivity index (χ3v) is 4.31. The van der Waals surface area contributed by atoms with Crippen molar-refractivity contribution in [3.63, 3.8) is 0 Å². The van der Waals surface area contributed by atoms with Crippen LogP contribution in [0.3, 0.4) is 0 Å². The topological polar surface area (TPSA) is 70.5 Å². The van der Waals surface area contributed by atoms with Crippen molar-refractivity contribution >= 4 is 23.7 Å². The number of pyridine rings is 1. The molecule has 0 atom stereocenters. The summed E-state index contributed by atoms with van der Waals surface area (Å²) in [4.78, 5) is 32.9. The number of rotatable bonds is 3. The molecule has 0 spiro atoms. The average Bonchev–Trinajstić information content (AvgIpc) is 3.03. The van der Waals surface area contributed by atoms with Crippen LogP contribution in [-0.4, -0.2) is 35.3 Å². The fourth-order valence-electron chi connectivity index (χ4n) is 3.08. The quantitative estimate of drug-likeness (QED) is 0.881. The van der Waals surface area contributed by atoms with Gasteiger partial charge in [0.25, 0.3) is 0 Å². The Labute approximate surface area is 140 Å². The zero-order valence-electron chi connectivity index (χ0n) is 14.2. The molecular weight excluding hydrogens is 304 g/mol. The maximum absolute atomic E-state index is 12.3. The molecule has 0 amide bonds. The van der Waals surface area contributed by atoms with Crippen LogP contribution in [-0.2, 0) is 6.42 Å². The molecule has 24 heavy (non-hydrogen) atoms. The van der Waals surface area contributed by atoms with Gasteiger partial charge in [-0.1, -0.05) is 13.8 Å². The second kappa shape index (κ2) is 6.47. The van der Waals surface area contributed by atoms with Crippen molar-refractivity contribution in [3.8, 4) is 0 Å². The second-order valence-electron chi connectivity index (χ2n) is 6.30. The van der Waals surface area contributed by atoms with Crippen LogP contribution in [0, 0.1) is 5.92 Å². The van der Waals surface area contributed by atoms with E-state index in [9.17, 15) is 9.59 Å². The van der Waals surface area contributed by atoms with E-state index in [1.807, 2.05) is 32.0 Å².